The molecule has 8 aromatic rings. The van der Waals surface area contributed by atoms with E-state index in [1.165, 1.54) is 0 Å². The molecule has 0 atom stereocenters. The molecule has 0 saturated heterocycles. The van der Waals surface area contributed by atoms with Crippen LogP contribution in [0.3, 0.4) is 0 Å². The van der Waals surface area contributed by atoms with Crippen molar-refractivity contribution in [2.24, 2.45) is 16.7 Å². The molecule has 8 rings (SSSR count). The summed E-state index contributed by atoms with van der Waals surface area (Å²) in [5.74, 6) is 2.05. The fourth-order valence-corrected chi connectivity index (χ4v) is 7.63. The first kappa shape index (κ1) is 33.1. The number of benzene rings is 4. The Kier molecular flexibility index (Phi) is 8.49. The minimum Gasteiger partial charge on any atom is -0.458 e. The summed E-state index contributed by atoms with van der Waals surface area (Å²) >= 11 is 0. The Labute approximate surface area is 359 Å². The lowest BCUT2D eigenvalue weighted by Crippen LogP contribution is -2.30. The normalized spacial score (nSPS) is 14.9. The van der Waals surface area contributed by atoms with E-state index < -0.39 is 29.9 Å². The fraction of sp³-hybridized carbons (Fsp3) is 0.340. The Bertz CT molecular complexity index is 3060. The van der Waals surface area contributed by atoms with Gasteiger partial charge in [-0.2, -0.15) is 0 Å². The van der Waals surface area contributed by atoms with E-state index in [2.05, 4.69) is 49.9 Å². The van der Waals surface area contributed by atoms with Crippen LogP contribution in [0.25, 0.3) is 50.2 Å². The van der Waals surface area contributed by atoms with E-state index in [-0.39, 0.29) is 11.3 Å². The van der Waals surface area contributed by atoms with Crippen LogP contribution in [0.4, 0.5) is 0 Å². The van der Waals surface area contributed by atoms with Crippen LogP contribution in [0.15, 0.2) is 116 Å². The lowest BCUT2D eigenvalue weighted by Gasteiger charge is -2.23. The molecular weight excluding hydrogens is 723 g/mol. The second-order valence-corrected chi connectivity index (χ2v) is 18.9. The van der Waals surface area contributed by atoms with E-state index >= 15 is 0 Å². The Morgan fingerprint density at radius 1 is 0.644 bits per heavy atom. The van der Waals surface area contributed by atoms with Crippen LogP contribution < -0.4 is 9.30 Å². The van der Waals surface area contributed by atoms with Crippen molar-refractivity contribution < 1.29 is 17.5 Å². The standard InChI is InChI=1S/C53H59N5O/c1-35(2)24-36-20-22-55-50(28-36)58-45-15-13-12-14-43(45)44-18-17-41(30-47(44)58)59-42-21-23-54-49(31-42)57-34-56(48-29-39(53(9,10)11)16-19-46(48)57)40-26-37(32-51(3,4)5)25-38(27-40)33-52(6,7)8/h12-23,25-31,35H,24,32-33H2,1-11H3/i24D2,32D2,33D2. The summed E-state index contributed by atoms with van der Waals surface area (Å²) in [6, 6.07) is 33.0. The van der Waals surface area contributed by atoms with Crippen LogP contribution in [-0.2, 0) is 24.5 Å². The van der Waals surface area contributed by atoms with Gasteiger partial charge in [0.05, 0.1) is 27.8 Å². The topological polar surface area (TPSA) is 48.8 Å². The van der Waals surface area contributed by atoms with E-state index in [4.69, 9.17) is 17.4 Å². The Hall–Kier alpha value is -5.75. The third-order valence-corrected chi connectivity index (χ3v) is 9.99. The van der Waals surface area contributed by atoms with Gasteiger partial charge in [-0.1, -0.05) is 124 Å². The average molecular weight is 788 g/mol. The van der Waals surface area contributed by atoms with Crippen LogP contribution in [-0.4, -0.2) is 19.1 Å². The second kappa shape index (κ2) is 15.1. The minimum absolute atomic E-state index is 0.186. The van der Waals surface area contributed by atoms with Crippen LogP contribution in [0.1, 0.15) is 107 Å². The number of ether oxygens (including phenoxy) is 1. The number of hydrogen-bond donors (Lipinski definition) is 0. The van der Waals surface area contributed by atoms with Crippen LogP contribution in [0, 0.1) is 23.1 Å². The summed E-state index contributed by atoms with van der Waals surface area (Å²) in [4.78, 5) is 9.54. The molecule has 4 aromatic heterocycles. The monoisotopic (exact) mass is 788 g/mol. The molecule has 4 aromatic carbocycles. The van der Waals surface area contributed by atoms with Gasteiger partial charge in [-0.05, 0) is 107 Å². The Balaban J connectivity index is 1.26. The summed E-state index contributed by atoms with van der Waals surface area (Å²) in [5, 5.41) is 2.05. The van der Waals surface area contributed by atoms with Crippen LogP contribution in [0.2, 0.25) is 0 Å². The number of imidazole rings is 1. The molecule has 0 bridgehead atoms. The molecule has 0 aliphatic heterocycles. The molecule has 6 nitrogen and oxygen atoms in total. The zero-order valence-corrected chi connectivity index (χ0v) is 36.2. The van der Waals surface area contributed by atoms with Gasteiger partial charge in [0.1, 0.15) is 17.3 Å². The van der Waals surface area contributed by atoms with E-state index in [0.29, 0.717) is 45.5 Å². The van der Waals surface area contributed by atoms with Crippen molar-refractivity contribution in [2.45, 2.75) is 101 Å². The minimum atomic E-state index is -1.80. The highest BCUT2D eigenvalue weighted by atomic mass is 16.5. The van der Waals surface area contributed by atoms with Gasteiger partial charge in [0, 0.05) is 43.5 Å². The molecule has 59 heavy (non-hydrogen) atoms. The number of pyridine rings is 2. The van der Waals surface area contributed by atoms with Gasteiger partial charge >= 0.3 is 0 Å². The number of fused-ring (bicyclic) bond motifs is 4. The molecule has 0 aliphatic rings. The van der Waals surface area contributed by atoms with E-state index in [9.17, 15) is 5.48 Å². The summed E-state index contributed by atoms with van der Waals surface area (Å²) < 4.78 is 67.3. The number of rotatable bonds is 9. The van der Waals surface area contributed by atoms with Crippen molar-refractivity contribution in [2.75, 3.05) is 0 Å². The lowest BCUT2D eigenvalue weighted by molar-refractivity contribution is -0.572. The van der Waals surface area contributed by atoms with Gasteiger partial charge < -0.3 is 4.74 Å². The summed E-state index contributed by atoms with van der Waals surface area (Å²) in [7, 11) is 0. The smallest absolute Gasteiger partial charge is 0.271 e. The van der Waals surface area contributed by atoms with Gasteiger partial charge in [0.2, 0.25) is 0 Å². The fourth-order valence-electron chi connectivity index (χ4n) is 7.63. The highest BCUT2D eigenvalue weighted by molar-refractivity contribution is 6.09. The molecule has 0 amide bonds. The number of hydrogen-bond acceptors (Lipinski definition) is 3. The maximum atomic E-state index is 9.32. The van der Waals surface area contributed by atoms with Crippen molar-refractivity contribution in [3.63, 3.8) is 0 Å². The van der Waals surface area contributed by atoms with Gasteiger partial charge in [-0.3, -0.25) is 18.7 Å². The quantitative estimate of drug-likeness (QED) is 0.108. The van der Waals surface area contributed by atoms with Crippen molar-refractivity contribution in [3.8, 4) is 28.8 Å². The molecular formula is C53H59N5O. The first-order valence-corrected chi connectivity index (χ1v) is 20.5. The number of aromatic nitrogens is 5. The first-order valence-electron chi connectivity index (χ1n) is 23.5. The molecule has 0 saturated carbocycles. The zero-order chi connectivity index (χ0) is 47.2. The maximum Gasteiger partial charge on any atom is 0.271 e. The van der Waals surface area contributed by atoms with Crippen molar-refractivity contribution >= 4 is 32.8 Å². The molecule has 0 aliphatic carbocycles. The highest BCUT2D eigenvalue weighted by Gasteiger charge is 2.22. The summed E-state index contributed by atoms with van der Waals surface area (Å²) in [5.41, 5.74) is 4.70. The molecule has 0 N–H and O–H groups in total. The molecule has 4 heterocycles. The molecule has 0 radical (unpaired) electrons. The highest BCUT2D eigenvalue weighted by Crippen LogP contribution is 2.36. The van der Waals surface area contributed by atoms with Crippen molar-refractivity contribution in [1.29, 1.82) is 0 Å². The molecule has 0 spiro atoms. The second-order valence-electron chi connectivity index (χ2n) is 18.9. The van der Waals surface area contributed by atoms with Gasteiger partial charge in [0.15, 0.2) is 5.82 Å². The molecule has 302 valence electrons. The number of nitrogens with zero attached hydrogens (tertiary/aromatic N) is 5. The van der Waals surface area contributed by atoms with Gasteiger partial charge in [-0.25, -0.2) is 4.98 Å². The Morgan fingerprint density at radius 3 is 2.00 bits per heavy atom. The summed E-state index contributed by atoms with van der Waals surface area (Å²) in [6.45, 7) is 21.4. The third kappa shape index (κ3) is 8.69. The average Bonchev–Trinajstić information content (AvgIpc) is 3.78. The van der Waals surface area contributed by atoms with Crippen LogP contribution >= 0.6 is 0 Å². The lowest BCUT2D eigenvalue weighted by atomic mass is 9.84. The maximum absolute atomic E-state index is 9.32. The van der Waals surface area contributed by atoms with Crippen LogP contribution in [0.5, 0.6) is 11.5 Å². The zero-order valence-electron chi connectivity index (χ0n) is 42.2. The van der Waals surface area contributed by atoms with Gasteiger partial charge in [0.25, 0.3) is 6.33 Å². The van der Waals surface area contributed by atoms with Crippen molar-refractivity contribution in [3.05, 3.63) is 144 Å². The molecule has 0 unspecified atom stereocenters. The third-order valence-electron chi connectivity index (χ3n) is 9.99. The van der Waals surface area contributed by atoms with Crippen molar-refractivity contribution in [1.82, 2.24) is 19.1 Å². The van der Waals surface area contributed by atoms with E-state index in [1.807, 2.05) is 131 Å². The van der Waals surface area contributed by atoms with Gasteiger partial charge in [-0.15, -0.1) is 0 Å². The van der Waals surface area contributed by atoms with E-state index in [0.717, 1.165) is 38.4 Å². The van der Waals surface area contributed by atoms with E-state index in [1.54, 1.807) is 30.6 Å². The SMILES string of the molecule is [2H]C([2H])(c1ccnc(-n2c3ccccc3c3ccc(Oc4ccnc(-n5[c-][n+](-c6cc(C([2H])([2H])C(C)(C)C)cc(C([2H])([2H])C(C)(C)C)c6)c6cc(C(C)(C)C)ccc65)c4)cc32)c1)C(C)C. The number of para-hydroxylation sites is 1. The summed E-state index contributed by atoms with van der Waals surface area (Å²) in [6.07, 6.45) is 1.78. The Morgan fingerprint density at radius 2 is 1.31 bits per heavy atom. The molecule has 0 fully saturated rings. The largest absolute Gasteiger partial charge is 0.458 e. The first-order chi connectivity index (χ1) is 30.2. The predicted molar refractivity (Wildman–Crippen MR) is 244 cm³/mol. The predicted octanol–water partition coefficient (Wildman–Crippen LogP) is 13.1. The molecule has 6 heteroatoms.